The molecule has 0 saturated heterocycles. The Morgan fingerprint density at radius 3 is 2.93 bits per heavy atom. The number of nitrogens with zero attached hydrogens (tertiary/aromatic N) is 1. The molecule has 0 radical (unpaired) electrons. The van der Waals surface area contributed by atoms with Crippen LogP contribution >= 0.6 is 0 Å². The summed E-state index contributed by atoms with van der Waals surface area (Å²) in [6, 6.07) is 4.08. The Morgan fingerprint density at radius 1 is 1.47 bits per heavy atom. The third-order valence-electron chi connectivity index (χ3n) is 2.68. The topological polar surface area (TPSA) is 54.7 Å². The monoisotopic (exact) mass is 203 g/mol. The number of aromatic nitrogens is 2. The molecule has 0 atom stereocenters. The largest absolute Gasteiger partial charge is 0.343 e. The normalized spacial score (nSPS) is 11.5. The molecule has 0 fully saturated rings. The standard InChI is InChI=1S/C12H17N3/c1-8(2)11-9(5-6-13)10-4-3-7-14-12(10)15-11/h3-4,7-8H,5-6,13H2,1-2H3,(H,14,15). The van der Waals surface area contributed by atoms with Crippen molar-refractivity contribution in [2.75, 3.05) is 6.54 Å². The third kappa shape index (κ3) is 1.75. The van der Waals surface area contributed by atoms with Crippen molar-refractivity contribution in [1.29, 1.82) is 0 Å². The van der Waals surface area contributed by atoms with E-state index in [9.17, 15) is 0 Å². The number of hydrogen-bond donors (Lipinski definition) is 2. The fourth-order valence-corrected chi connectivity index (χ4v) is 2.00. The van der Waals surface area contributed by atoms with Gasteiger partial charge in [0.15, 0.2) is 0 Å². The maximum atomic E-state index is 5.65. The summed E-state index contributed by atoms with van der Waals surface area (Å²) >= 11 is 0. The summed E-state index contributed by atoms with van der Waals surface area (Å²) in [7, 11) is 0. The van der Waals surface area contributed by atoms with E-state index in [1.165, 1.54) is 16.6 Å². The number of pyridine rings is 1. The molecule has 2 heterocycles. The van der Waals surface area contributed by atoms with Gasteiger partial charge in [0.05, 0.1) is 0 Å². The molecule has 0 aliphatic carbocycles. The Labute approximate surface area is 89.7 Å². The van der Waals surface area contributed by atoms with E-state index >= 15 is 0 Å². The molecule has 3 nitrogen and oxygen atoms in total. The lowest BCUT2D eigenvalue weighted by atomic mass is 10.0. The molecule has 0 spiro atoms. The van der Waals surface area contributed by atoms with Crippen LogP contribution in [0.2, 0.25) is 0 Å². The summed E-state index contributed by atoms with van der Waals surface area (Å²) in [5, 5.41) is 1.21. The van der Waals surface area contributed by atoms with E-state index in [0.717, 1.165) is 12.1 Å². The maximum absolute atomic E-state index is 5.65. The highest BCUT2D eigenvalue weighted by Gasteiger charge is 2.13. The molecule has 0 amide bonds. The van der Waals surface area contributed by atoms with Gasteiger partial charge in [-0.1, -0.05) is 13.8 Å². The Hall–Kier alpha value is -1.35. The predicted molar refractivity (Wildman–Crippen MR) is 62.9 cm³/mol. The van der Waals surface area contributed by atoms with Crippen LogP contribution in [-0.4, -0.2) is 16.5 Å². The first-order chi connectivity index (χ1) is 7.24. The minimum absolute atomic E-state index is 0.487. The van der Waals surface area contributed by atoms with Crippen molar-refractivity contribution >= 4 is 11.0 Å². The fourth-order valence-electron chi connectivity index (χ4n) is 2.00. The summed E-state index contributed by atoms with van der Waals surface area (Å²) in [6.07, 6.45) is 2.73. The van der Waals surface area contributed by atoms with E-state index < -0.39 is 0 Å². The van der Waals surface area contributed by atoms with Crippen LogP contribution in [0, 0.1) is 0 Å². The Kier molecular flexibility index (Phi) is 2.73. The van der Waals surface area contributed by atoms with Crippen LogP contribution in [0.4, 0.5) is 0 Å². The van der Waals surface area contributed by atoms with Gasteiger partial charge in [-0.25, -0.2) is 4.98 Å². The average molecular weight is 203 g/mol. The molecule has 0 bridgehead atoms. The second-order valence-corrected chi connectivity index (χ2v) is 4.11. The van der Waals surface area contributed by atoms with E-state index in [2.05, 4.69) is 29.9 Å². The second kappa shape index (κ2) is 4.03. The summed E-state index contributed by atoms with van der Waals surface area (Å²) < 4.78 is 0. The molecular formula is C12H17N3. The lowest BCUT2D eigenvalue weighted by Crippen LogP contribution is -2.05. The number of aromatic amines is 1. The molecule has 3 N–H and O–H groups in total. The number of rotatable bonds is 3. The number of nitrogens with one attached hydrogen (secondary N) is 1. The number of nitrogens with two attached hydrogens (primary N) is 1. The van der Waals surface area contributed by atoms with E-state index in [1.54, 1.807) is 0 Å². The molecule has 0 saturated carbocycles. The molecule has 0 aromatic carbocycles. The van der Waals surface area contributed by atoms with Gasteiger partial charge in [-0.05, 0) is 36.6 Å². The van der Waals surface area contributed by atoms with Gasteiger partial charge in [0.1, 0.15) is 5.65 Å². The van der Waals surface area contributed by atoms with Gasteiger partial charge in [0.2, 0.25) is 0 Å². The van der Waals surface area contributed by atoms with Crippen molar-refractivity contribution in [1.82, 2.24) is 9.97 Å². The molecular weight excluding hydrogens is 186 g/mol. The van der Waals surface area contributed by atoms with Crippen molar-refractivity contribution in [3.8, 4) is 0 Å². The quantitative estimate of drug-likeness (QED) is 0.803. The van der Waals surface area contributed by atoms with Crippen LogP contribution in [0.5, 0.6) is 0 Å². The maximum Gasteiger partial charge on any atom is 0.137 e. The van der Waals surface area contributed by atoms with Crippen LogP contribution in [0.15, 0.2) is 18.3 Å². The van der Waals surface area contributed by atoms with Crippen molar-refractivity contribution in [3.05, 3.63) is 29.6 Å². The molecule has 2 aromatic rings. The van der Waals surface area contributed by atoms with Crippen LogP contribution in [0.25, 0.3) is 11.0 Å². The second-order valence-electron chi connectivity index (χ2n) is 4.11. The van der Waals surface area contributed by atoms with Crippen LogP contribution in [-0.2, 0) is 6.42 Å². The predicted octanol–water partition coefficient (Wildman–Crippen LogP) is 2.19. The zero-order chi connectivity index (χ0) is 10.8. The Bertz CT molecular complexity index is 457. The van der Waals surface area contributed by atoms with Gasteiger partial charge in [-0.15, -0.1) is 0 Å². The van der Waals surface area contributed by atoms with E-state index in [4.69, 9.17) is 5.73 Å². The number of hydrogen-bond acceptors (Lipinski definition) is 2. The van der Waals surface area contributed by atoms with Gasteiger partial charge in [0.25, 0.3) is 0 Å². The molecule has 15 heavy (non-hydrogen) atoms. The SMILES string of the molecule is CC(C)c1[nH]c2ncccc2c1CCN. The van der Waals surface area contributed by atoms with E-state index in [1.807, 2.05) is 12.3 Å². The zero-order valence-electron chi connectivity index (χ0n) is 9.25. The van der Waals surface area contributed by atoms with Gasteiger partial charge in [0, 0.05) is 17.3 Å². The van der Waals surface area contributed by atoms with Crippen molar-refractivity contribution in [3.63, 3.8) is 0 Å². The number of fused-ring (bicyclic) bond motifs is 1. The lowest BCUT2D eigenvalue weighted by molar-refractivity contribution is 0.808. The Balaban J connectivity index is 2.63. The fraction of sp³-hybridized carbons (Fsp3) is 0.417. The van der Waals surface area contributed by atoms with Crippen molar-refractivity contribution in [2.24, 2.45) is 5.73 Å². The summed E-state index contributed by atoms with van der Waals surface area (Å²) in [6.45, 7) is 5.05. The first kappa shape index (κ1) is 10.2. The first-order valence-corrected chi connectivity index (χ1v) is 5.39. The van der Waals surface area contributed by atoms with Gasteiger partial charge in [-0.3, -0.25) is 0 Å². The number of H-pyrrole nitrogens is 1. The molecule has 3 heteroatoms. The van der Waals surface area contributed by atoms with Gasteiger partial charge < -0.3 is 10.7 Å². The highest BCUT2D eigenvalue weighted by atomic mass is 14.9. The lowest BCUT2D eigenvalue weighted by Gasteiger charge is -2.05. The molecule has 0 unspecified atom stereocenters. The van der Waals surface area contributed by atoms with E-state index in [0.29, 0.717) is 12.5 Å². The minimum Gasteiger partial charge on any atom is -0.343 e. The zero-order valence-corrected chi connectivity index (χ0v) is 9.25. The van der Waals surface area contributed by atoms with Crippen LogP contribution in [0.1, 0.15) is 31.0 Å². The van der Waals surface area contributed by atoms with Gasteiger partial charge >= 0.3 is 0 Å². The van der Waals surface area contributed by atoms with Crippen LogP contribution in [0.3, 0.4) is 0 Å². The van der Waals surface area contributed by atoms with Gasteiger partial charge in [-0.2, -0.15) is 0 Å². The highest BCUT2D eigenvalue weighted by Crippen LogP contribution is 2.26. The highest BCUT2D eigenvalue weighted by molar-refractivity contribution is 5.81. The summed E-state index contributed by atoms with van der Waals surface area (Å²) in [5.41, 5.74) is 9.22. The third-order valence-corrected chi connectivity index (χ3v) is 2.68. The van der Waals surface area contributed by atoms with Crippen LogP contribution < -0.4 is 5.73 Å². The van der Waals surface area contributed by atoms with Crippen molar-refractivity contribution < 1.29 is 0 Å². The average Bonchev–Trinajstić information content (AvgIpc) is 2.58. The molecule has 0 aliphatic rings. The smallest absolute Gasteiger partial charge is 0.137 e. The molecule has 2 rings (SSSR count). The summed E-state index contributed by atoms with van der Waals surface area (Å²) in [4.78, 5) is 7.71. The first-order valence-electron chi connectivity index (χ1n) is 5.39. The Morgan fingerprint density at radius 2 is 2.27 bits per heavy atom. The summed E-state index contributed by atoms with van der Waals surface area (Å²) in [5.74, 6) is 0.487. The molecule has 2 aromatic heterocycles. The van der Waals surface area contributed by atoms with Crippen molar-refractivity contribution in [2.45, 2.75) is 26.2 Å². The van der Waals surface area contributed by atoms with E-state index in [-0.39, 0.29) is 0 Å². The minimum atomic E-state index is 0.487. The molecule has 0 aliphatic heterocycles. The molecule has 80 valence electrons.